The maximum atomic E-state index is 15.3. The Morgan fingerprint density at radius 1 is 1.17 bits per heavy atom. The van der Waals surface area contributed by atoms with Crippen LogP contribution in [0.3, 0.4) is 0 Å². The number of carbonyl (C=O) groups is 1. The van der Waals surface area contributed by atoms with Crippen molar-refractivity contribution in [2.75, 3.05) is 11.5 Å². The average Bonchev–Trinajstić information content (AvgIpc) is 2.77. The zero-order valence-corrected chi connectivity index (χ0v) is 20.9. The van der Waals surface area contributed by atoms with Crippen molar-refractivity contribution in [1.29, 1.82) is 0 Å². The van der Waals surface area contributed by atoms with Crippen LogP contribution >= 0.6 is 7.60 Å². The first kappa shape index (κ1) is 28.1. The molecule has 13 heteroatoms. The zero-order valence-electron chi connectivity index (χ0n) is 20.0. The number of halogens is 4. The molecule has 200 valence electrons. The lowest BCUT2D eigenvalue weighted by Gasteiger charge is -2.26. The Morgan fingerprint density at radius 2 is 1.78 bits per heavy atom. The number of benzene rings is 1. The van der Waals surface area contributed by atoms with Crippen molar-refractivity contribution in [3.8, 4) is 0 Å². The third kappa shape index (κ3) is 6.27. The summed E-state index contributed by atoms with van der Waals surface area (Å²) >= 11 is 0. The van der Waals surface area contributed by atoms with Gasteiger partial charge in [0, 0.05) is 18.3 Å². The molecule has 0 aliphatic heterocycles. The number of aromatic nitrogens is 1. The second kappa shape index (κ2) is 10.9. The van der Waals surface area contributed by atoms with Crippen molar-refractivity contribution in [2.24, 2.45) is 0 Å². The molecule has 1 aromatic carbocycles. The molecule has 8 nitrogen and oxygen atoms in total. The largest absolute Gasteiger partial charge is 0.380 e. The van der Waals surface area contributed by atoms with Crippen LogP contribution in [0.1, 0.15) is 75.2 Å². The highest BCUT2D eigenvalue weighted by Crippen LogP contribution is 2.39. The second-order valence-corrected chi connectivity index (χ2v) is 10.8. The number of rotatable bonds is 9. The molecule has 36 heavy (non-hydrogen) atoms. The number of amides is 1. The molecule has 4 N–H and O–H groups in total. The number of nitrogens with one attached hydrogen (secondary N) is 2. The van der Waals surface area contributed by atoms with Gasteiger partial charge >= 0.3 is 13.6 Å². The Labute approximate surface area is 205 Å². The van der Waals surface area contributed by atoms with E-state index in [1.807, 2.05) is 0 Å². The van der Waals surface area contributed by atoms with E-state index in [4.69, 9.17) is 9.79 Å². The molecule has 2 aromatic rings. The quantitative estimate of drug-likeness (QED) is 0.206. The third-order valence-corrected chi connectivity index (χ3v) is 7.26. The number of alkyl halides is 2. The fourth-order valence-electron chi connectivity index (χ4n) is 4.68. The fourth-order valence-corrected chi connectivity index (χ4v) is 5.28. The van der Waals surface area contributed by atoms with Crippen LogP contribution in [0.5, 0.6) is 0 Å². The molecule has 1 aliphatic rings. The molecule has 1 saturated carbocycles. The summed E-state index contributed by atoms with van der Waals surface area (Å²) in [5, 5.41) is 3.38. The van der Waals surface area contributed by atoms with E-state index in [9.17, 15) is 22.9 Å². The summed E-state index contributed by atoms with van der Waals surface area (Å²) in [5.41, 5.74) is -2.33. The lowest BCUT2D eigenvalue weighted by molar-refractivity contribution is -0.00957. The minimum absolute atomic E-state index is 0.00411. The van der Waals surface area contributed by atoms with Crippen molar-refractivity contribution >= 4 is 30.1 Å². The molecule has 3 rings (SSSR count). The highest BCUT2D eigenvalue weighted by atomic mass is 31.2. The van der Waals surface area contributed by atoms with E-state index >= 15 is 8.78 Å². The first-order valence-electron chi connectivity index (χ1n) is 11.9. The van der Waals surface area contributed by atoms with Crippen LogP contribution in [0.4, 0.5) is 23.2 Å². The Morgan fingerprint density at radius 3 is 2.33 bits per heavy atom. The summed E-state index contributed by atoms with van der Waals surface area (Å²) in [6.07, 6.45) is 4.45. The summed E-state index contributed by atoms with van der Waals surface area (Å²) in [7, 11) is -5.22. The SMILES string of the molecule is CCC(CC)n1cc(C(=O)NC(F)(F)CP(=O)(O)O)c(=O)c2c(F)c(F)c(NC3CCCCC3)cc21. The predicted octanol–water partition coefficient (Wildman–Crippen LogP) is 4.89. The Hall–Kier alpha value is -2.43. The molecule has 1 amide bonds. The van der Waals surface area contributed by atoms with Gasteiger partial charge in [0.1, 0.15) is 11.7 Å². The summed E-state index contributed by atoms with van der Waals surface area (Å²) in [5.74, 6) is -4.48. The van der Waals surface area contributed by atoms with Crippen LogP contribution in [-0.4, -0.2) is 38.5 Å². The van der Waals surface area contributed by atoms with Crippen LogP contribution in [-0.2, 0) is 4.57 Å². The Kier molecular flexibility index (Phi) is 8.52. The van der Waals surface area contributed by atoms with Gasteiger partial charge < -0.3 is 19.7 Å². The third-order valence-electron chi connectivity index (χ3n) is 6.45. The molecular formula is C23H30F4N3O5P. The number of anilines is 1. The summed E-state index contributed by atoms with van der Waals surface area (Å²) in [6.45, 7) is 3.60. The average molecular weight is 535 g/mol. The number of nitrogens with zero attached hydrogens (tertiary/aromatic N) is 1. The van der Waals surface area contributed by atoms with Crippen molar-refractivity contribution in [3.63, 3.8) is 0 Å². The van der Waals surface area contributed by atoms with Crippen LogP contribution in [0.25, 0.3) is 10.9 Å². The molecule has 0 saturated heterocycles. The zero-order chi connectivity index (χ0) is 26.8. The first-order chi connectivity index (χ1) is 16.8. The van der Waals surface area contributed by atoms with Gasteiger partial charge in [0.2, 0.25) is 5.43 Å². The molecule has 0 atom stereocenters. The number of fused-ring (bicyclic) bond motifs is 1. The van der Waals surface area contributed by atoms with Gasteiger partial charge in [-0.3, -0.25) is 19.5 Å². The van der Waals surface area contributed by atoms with Crippen molar-refractivity contribution < 1.29 is 36.7 Å². The minimum atomic E-state index is -5.22. The van der Waals surface area contributed by atoms with Gasteiger partial charge in [-0.05, 0) is 31.7 Å². The lowest BCUT2D eigenvalue weighted by Crippen LogP contribution is -2.45. The van der Waals surface area contributed by atoms with Gasteiger partial charge in [-0.1, -0.05) is 33.1 Å². The molecule has 1 aliphatic carbocycles. The monoisotopic (exact) mass is 535 g/mol. The van der Waals surface area contributed by atoms with Gasteiger partial charge in [-0.2, -0.15) is 8.78 Å². The van der Waals surface area contributed by atoms with Crippen LogP contribution < -0.4 is 16.1 Å². The molecule has 1 fully saturated rings. The fraction of sp³-hybridized carbons (Fsp3) is 0.565. The van der Waals surface area contributed by atoms with Crippen LogP contribution in [0.2, 0.25) is 0 Å². The maximum Gasteiger partial charge on any atom is 0.337 e. The summed E-state index contributed by atoms with van der Waals surface area (Å²) in [6, 6.07) is -3.51. The van der Waals surface area contributed by atoms with E-state index in [0.29, 0.717) is 12.8 Å². The van der Waals surface area contributed by atoms with Crippen molar-refractivity contribution in [3.05, 3.63) is 39.7 Å². The highest BCUT2D eigenvalue weighted by Gasteiger charge is 2.40. The number of hydrogen-bond donors (Lipinski definition) is 4. The van der Waals surface area contributed by atoms with Crippen molar-refractivity contribution in [2.45, 2.75) is 76.9 Å². The Balaban J connectivity index is 2.16. The standard InChI is InChI=1S/C23H30F4N3O5P/c1-3-14(4-2)30-11-15(22(32)29-23(26,27)12-36(33,34)35)21(31)18-17(30)10-16(19(24)20(18)25)28-13-8-6-5-7-9-13/h10-11,13-14,28H,3-9,12H2,1-2H3,(H,29,32)(H2,33,34,35). The first-order valence-corrected chi connectivity index (χ1v) is 13.7. The van der Waals surface area contributed by atoms with E-state index in [-0.39, 0.29) is 23.3 Å². The summed E-state index contributed by atoms with van der Waals surface area (Å²) in [4.78, 5) is 43.4. The highest BCUT2D eigenvalue weighted by molar-refractivity contribution is 7.51. The van der Waals surface area contributed by atoms with E-state index in [1.54, 1.807) is 13.8 Å². The van der Waals surface area contributed by atoms with Crippen LogP contribution in [0.15, 0.2) is 17.1 Å². The van der Waals surface area contributed by atoms with E-state index < -0.39 is 53.7 Å². The molecule has 0 bridgehead atoms. The van der Waals surface area contributed by atoms with Gasteiger partial charge in [0.05, 0.1) is 16.6 Å². The summed E-state index contributed by atoms with van der Waals surface area (Å²) < 4.78 is 70.8. The van der Waals surface area contributed by atoms with E-state index in [1.165, 1.54) is 10.6 Å². The molecular weight excluding hydrogens is 505 g/mol. The van der Waals surface area contributed by atoms with Crippen molar-refractivity contribution in [1.82, 2.24) is 9.88 Å². The normalized spacial score (nSPS) is 15.5. The van der Waals surface area contributed by atoms with E-state index in [0.717, 1.165) is 43.6 Å². The second-order valence-electron chi connectivity index (χ2n) is 9.16. The van der Waals surface area contributed by atoms with Crippen LogP contribution in [0, 0.1) is 11.6 Å². The number of carbonyl (C=O) groups excluding carboxylic acids is 1. The molecule has 1 heterocycles. The topological polar surface area (TPSA) is 121 Å². The molecule has 1 aromatic heterocycles. The van der Waals surface area contributed by atoms with Gasteiger partial charge in [-0.25, -0.2) is 8.78 Å². The van der Waals surface area contributed by atoms with Gasteiger partial charge in [0.15, 0.2) is 11.6 Å². The van der Waals surface area contributed by atoms with E-state index in [2.05, 4.69) is 5.32 Å². The van der Waals surface area contributed by atoms with Gasteiger partial charge in [0.25, 0.3) is 5.91 Å². The maximum absolute atomic E-state index is 15.3. The number of hydrogen-bond acceptors (Lipinski definition) is 4. The van der Waals surface area contributed by atoms with Gasteiger partial charge in [-0.15, -0.1) is 0 Å². The minimum Gasteiger partial charge on any atom is -0.380 e. The molecule has 0 radical (unpaired) electrons. The predicted molar refractivity (Wildman–Crippen MR) is 128 cm³/mol. The Bertz CT molecular complexity index is 1240. The smallest absolute Gasteiger partial charge is 0.337 e. The molecule has 0 unspecified atom stereocenters. The number of pyridine rings is 1. The lowest BCUT2D eigenvalue weighted by atomic mass is 9.95. The molecule has 0 spiro atoms.